The summed E-state index contributed by atoms with van der Waals surface area (Å²) in [5.41, 5.74) is 0. The molecule has 1 heterocycles. The van der Waals surface area contributed by atoms with Gasteiger partial charge < -0.3 is 18.5 Å². The monoisotopic (exact) mass is 1160 g/mol. The summed E-state index contributed by atoms with van der Waals surface area (Å²) in [5, 5.41) is 0. The van der Waals surface area contributed by atoms with Gasteiger partial charge >= 0.3 is 98.5 Å². The molecule has 0 aromatic carbocycles. The standard InChI is InChI=1S/C19H26F17N3O9P3.2C3H4F4O.K/c20-4-9-44-50(45-10-5-21)37-49(40,46-11-14(22,23)1-6-41-17(28,29)30)38-51(39-50,47-12-15(24,25)2-7-42-18(31,32)33)48-13-16(26,27)3-8-43-19(34,35)36;2*4-1-2-8-3(5,6)7;/h1-13H2;2*1-2H2;/q-1;;;+1. The maximum Gasteiger partial charge on any atom is 1.00 e. The Morgan fingerprint density at radius 1 is 0.324 bits per heavy atom. The van der Waals surface area contributed by atoms with Gasteiger partial charge in [0.1, 0.15) is 54.2 Å². The van der Waals surface area contributed by atoms with Crippen molar-refractivity contribution < 1.29 is 212 Å². The van der Waals surface area contributed by atoms with Gasteiger partial charge in [0.05, 0.1) is 46.2 Å². The van der Waals surface area contributed by atoms with Gasteiger partial charge in [-0.2, -0.15) is 9.03 Å². The van der Waals surface area contributed by atoms with E-state index < -0.39 is 185 Å². The van der Waals surface area contributed by atoms with E-state index in [9.17, 15) is 115 Å². The first-order chi connectivity index (χ1) is 30.1. The van der Waals surface area contributed by atoms with Crippen LogP contribution < -0.4 is 56.3 Å². The Morgan fingerprint density at radius 2 is 0.574 bits per heavy atom. The molecule has 0 bridgehead atoms. The molecule has 14 nitrogen and oxygen atoms in total. The molecule has 1 atom stereocenters. The zero-order valence-corrected chi connectivity index (χ0v) is 39.5. The molecule has 0 radical (unpaired) electrons. The first kappa shape index (κ1) is 72.4. The molecule has 0 aromatic rings. The van der Waals surface area contributed by atoms with Gasteiger partial charge in [-0.25, -0.2) is 43.9 Å². The molecular weight excluding hydrogens is 1130 g/mol. The van der Waals surface area contributed by atoms with Crippen molar-refractivity contribution in [2.75, 3.05) is 92.8 Å². The van der Waals surface area contributed by atoms with Crippen molar-refractivity contribution in [3.63, 3.8) is 0 Å². The normalized spacial score (nSPS) is 17.9. The minimum atomic E-state index is -5.92. The Labute approximate surface area is 408 Å². The van der Waals surface area contributed by atoms with Crippen LogP contribution in [0.3, 0.4) is 0 Å². The molecule has 43 heteroatoms. The Hall–Kier alpha value is 0.136. The van der Waals surface area contributed by atoms with E-state index in [1.165, 1.54) is 0 Å². The third-order valence-corrected chi connectivity index (χ3v) is 13.4. The van der Waals surface area contributed by atoms with Crippen LogP contribution in [-0.2, 0) is 46.3 Å². The first-order valence-electron chi connectivity index (χ1n) is 16.9. The summed E-state index contributed by atoms with van der Waals surface area (Å²) >= 11 is 0. The zero-order chi connectivity index (χ0) is 52.7. The minimum absolute atomic E-state index is 0. The fourth-order valence-electron chi connectivity index (χ4n) is 3.13. The zero-order valence-electron chi connectivity index (χ0n) is 33.6. The second kappa shape index (κ2) is 31.8. The number of hydrogen-bond acceptors (Lipinski definition) is 14. The summed E-state index contributed by atoms with van der Waals surface area (Å²) in [6, 6.07) is 0. The SMILES string of the molecule is FCCOC(F)(F)F.FCCOC(F)(F)F.[K+].[O-]P1(OCC(F)(F)CCOC(F)(F)F)=NP(OCCF)(OCCF)=NP(OCC(F)(F)CCOC(F)(F)F)(OCC(F)(F)CCOC(F)(F)F)=N1. The third-order valence-electron chi connectivity index (χ3n) is 5.57. The molecule has 0 saturated carbocycles. The Morgan fingerprint density at radius 3 is 0.824 bits per heavy atom. The molecule has 1 aliphatic heterocycles. The Balaban J connectivity index is -0.00000210. The van der Waals surface area contributed by atoms with Crippen molar-refractivity contribution in [3.05, 3.63) is 0 Å². The number of nitrogens with zero attached hydrogens (tertiary/aromatic N) is 3. The van der Waals surface area contributed by atoms with Crippen molar-refractivity contribution in [1.29, 1.82) is 0 Å². The number of halogens is 25. The average molecular weight is 1160 g/mol. The van der Waals surface area contributed by atoms with E-state index in [1.807, 2.05) is 0 Å². The van der Waals surface area contributed by atoms with Crippen LogP contribution in [0.25, 0.3) is 0 Å². The molecule has 0 amide bonds. The summed E-state index contributed by atoms with van der Waals surface area (Å²) in [6.45, 7) is -21.8. The van der Waals surface area contributed by atoms with E-state index >= 15 is 0 Å². The van der Waals surface area contributed by atoms with Crippen LogP contribution >= 0.6 is 23.0 Å². The van der Waals surface area contributed by atoms with Crippen molar-refractivity contribution >= 4 is 23.0 Å². The van der Waals surface area contributed by atoms with Crippen LogP contribution in [-0.4, -0.2) is 142 Å². The second-order valence-corrected chi connectivity index (χ2v) is 17.7. The summed E-state index contributed by atoms with van der Waals surface area (Å²) < 4.78 is 359. The maximum absolute atomic E-state index is 14.5. The van der Waals surface area contributed by atoms with Crippen molar-refractivity contribution in [3.8, 4) is 0 Å². The predicted molar refractivity (Wildman–Crippen MR) is 170 cm³/mol. The molecule has 406 valence electrons. The molecule has 68 heavy (non-hydrogen) atoms. The van der Waals surface area contributed by atoms with Crippen LogP contribution in [0.5, 0.6) is 0 Å². The summed E-state index contributed by atoms with van der Waals surface area (Å²) in [7, 11) is -16.9. The molecule has 1 rings (SSSR count). The third kappa shape index (κ3) is 40.6. The summed E-state index contributed by atoms with van der Waals surface area (Å²) in [4.78, 5) is 13.6. The quantitative estimate of drug-likeness (QED) is 0.0420. The number of hydrogen-bond donors (Lipinski definition) is 0. The molecule has 0 aromatic heterocycles. The van der Waals surface area contributed by atoms with Gasteiger partial charge in [-0.05, 0) is 0 Å². The van der Waals surface area contributed by atoms with E-state index in [-0.39, 0.29) is 51.4 Å². The maximum atomic E-state index is 14.5. The van der Waals surface area contributed by atoms with E-state index in [1.54, 1.807) is 0 Å². The fraction of sp³-hybridized carbons (Fsp3) is 1.00. The van der Waals surface area contributed by atoms with Crippen LogP contribution in [0.2, 0.25) is 0 Å². The number of rotatable bonds is 28. The molecular formula is C25H34F25KN3O11P3. The molecule has 0 N–H and O–H groups in total. The van der Waals surface area contributed by atoms with Crippen molar-refractivity contribution in [1.82, 2.24) is 0 Å². The molecule has 0 saturated heterocycles. The van der Waals surface area contributed by atoms with Gasteiger partial charge in [0.2, 0.25) is 0 Å². The first-order valence-corrected chi connectivity index (χ1v) is 21.5. The van der Waals surface area contributed by atoms with E-state index in [0.29, 0.717) is 0 Å². The van der Waals surface area contributed by atoms with Crippen molar-refractivity contribution in [2.45, 2.75) is 68.8 Å². The van der Waals surface area contributed by atoms with Crippen LogP contribution in [0, 0.1) is 0 Å². The van der Waals surface area contributed by atoms with Crippen molar-refractivity contribution in [2.24, 2.45) is 13.5 Å². The Bertz CT molecular complexity index is 1490. The Kier molecular flexibility index (Phi) is 33.8. The second-order valence-electron chi connectivity index (χ2n) is 11.3. The van der Waals surface area contributed by atoms with E-state index in [2.05, 4.69) is 50.8 Å². The average Bonchev–Trinajstić information content (AvgIpc) is 3.14. The largest absolute Gasteiger partial charge is 1.00 e. The summed E-state index contributed by atoms with van der Waals surface area (Å²) in [5.74, 6) is -13.4. The topological polar surface area (TPSA) is 152 Å². The molecule has 1 unspecified atom stereocenters. The van der Waals surface area contributed by atoms with Gasteiger partial charge in [-0.3, -0.25) is 32.7 Å². The summed E-state index contributed by atoms with van der Waals surface area (Å²) in [6.07, 6.45) is -31.2. The van der Waals surface area contributed by atoms with E-state index in [4.69, 9.17) is 9.05 Å². The fourth-order valence-corrected chi connectivity index (χ4v) is 11.9. The molecule has 0 aliphatic carbocycles. The van der Waals surface area contributed by atoms with E-state index in [0.717, 1.165) is 0 Å². The molecule has 0 fully saturated rings. The number of ether oxygens (including phenoxy) is 5. The predicted octanol–water partition coefficient (Wildman–Crippen LogP) is 8.89. The van der Waals surface area contributed by atoms with Gasteiger partial charge in [0, 0.05) is 19.3 Å². The van der Waals surface area contributed by atoms with Crippen LogP contribution in [0.4, 0.5) is 110 Å². The van der Waals surface area contributed by atoms with Gasteiger partial charge in [0.15, 0.2) is 0 Å². The van der Waals surface area contributed by atoms with Gasteiger partial charge in [-0.15, -0.1) is 70.4 Å². The minimum Gasteiger partial charge on any atom is -0.777 e. The number of alkyl halides is 25. The van der Waals surface area contributed by atoms with Crippen LogP contribution in [0.15, 0.2) is 13.5 Å². The van der Waals surface area contributed by atoms with Gasteiger partial charge in [-0.1, -0.05) is 0 Å². The molecule has 0 spiro atoms. The van der Waals surface area contributed by atoms with Crippen LogP contribution in [0.1, 0.15) is 19.3 Å². The van der Waals surface area contributed by atoms with Gasteiger partial charge in [0.25, 0.3) is 17.8 Å². The molecule has 1 aliphatic rings. The smallest absolute Gasteiger partial charge is 0.777 e.